The van der Waals surface area contributed by atoms with Gasteiger partial charge in [-0.1, -0.05) is 12.1 Å². The van der Waals surface area contributed by atoms with Crippen molar-refractivity contribution in [1.82, 2.24) is 0 Å². The van der Waals surface area contributed by atoms with Crippen molar-refractivity contribution in [3.8, 4) is 0 Å². The molecule has 0 amide bonds. The van der Waals surface area contributed by atoms with E-state index >= 15 is 0 Å². The summed E-state index contributed by atoms with van der Waals surface area (Å²) in [6.07, 6.45) is 0. The number of benzene rings is 1. The lowest BCUT2D eigenvalue weighted by atomic mass is 9.79. The van der Waals surface area contributed by atoms with Crippen LogP contribution in [-0.2, 0) is 19.5 Å². The Kier molecular flexibility index (Phi) is 3.52. The molecule has 1 aliphatic rings. The number of halogens is 1. The molecule has 0 aliphatic carbocycles. The van der Waals surface area contributed by atoms with Gasteiger partial charge in [-0.15, -0.1) is 3.89 Å². The first kappa shape index (κ1) is 15.5. The van der Waals surface area contributed by atoms with Crippen molar-refractivity contribution >= 4 is 22.8 Å². The molecular formula is C13H18BFO4S. The fourth-order valence-electron chi connectivity index (χ4n) is 2.01. The maximum Gasteiger partial charge on any atom is 0.494 e. The summed E-state index contributed by atoms with van der Waals surface area (Å²) in [4.78, 5) is -0.343. The second-order valence-corrected chi connectivity index (χ2v) is 7.37. The minimum Gasteiger partial charge on any atom is -0.399 e. The van der Waals surface area contributed by atoms with Crippen LogP contribution >= 0.6 is 0 Å². The van der Waals surface area contributed by atoms with Gasteiger partial charge in [-0.25, -0.2) is 0 Å². The summed E-state index contributed by atoms with van der Waals surface area (Å²) in [7, 11) is -5.46. The monoisotopic (exact) mass is 300 g/mol. The first-order valence-electron chi connectivity index (χ1n) is 6.35. The Balaban J connectivity index is 2.42. The SMILES string of the molecule is Cc1ccc(B2OC(C)(C)C(C)(C)O2)cc1S(=O)(=O)F. The zero-order valence-electron chi connectivity index (χ0n) is 12.2. The van der Waals surface area contributed by atoms with Gasteiger partial charge < -0.3 is 9.31 Å². The van der Waals surface area contributed by atoms with Crippen molar-refractivity contribution in [2.75, 3.05) is 0 Å². The Morgan fingerprint density at radius 2 is 1.60 bits per heavy atom. The van der Waals surface area contributed by atoms with E-state index in [1.165, 1.54) is 6.07 Å². The van der Waals surface area contributed by atoms with E-state index in [0.29, 0.717) is 11.0 Å². The van der Waals surface area contributed by atoms with Gasteiger partial charge >= 0.3 is 17.3 Å². The fraction of sp³-hybridized carbons (Fsp3) is 0.538. The third-order valence-corrected chi connectivity index (χ3v) is 4.97. The average Bonchev–Trinajstić information content (AvgIpc) is 2.47. The maximum absolute atomic E-state index is 13.2. The van der Waals surface area contributed by atoms with Gasteiger partial charge in [0.05, 0.1) is 11.2 Å². The van der Waals surface area contributed by atoms with E-state index in [4.69, 9.17) is 9.31 Å². The highest BCUT2D eigenvalue weighted by Gasteiger charge is 2.51. The van der Waals surface area contributed by atoms with Crippen molar-refractivity contribution in [3.05, 3.63) is 23.8 Å². The number of hydrogen-bond donors (Lipinski definition) is 0. The van der Waals surface area contributed by atoms with E-state index in [0.717, 1.165) is 0 Å². The molecule has 20 heavy (non-hydrogen) atoms. The smallest absolute Gasteiger partial charge is 0.399 e. The molecule has 0 N–H and O–H groups in total. The third-order valence-electron chi connectivity index (χ3n) is 4.00. The summed E-state index contributed by atoms with van der Waals surface area (Å²) in [6.45, 7) is 9.13. The highest BCUT2D eigenvalue weighted by molar-refractivity contribution is 7.86. The van der Waals surface area contributed by atoms with Gasteiger partial charge in [0.25, 0.3) is 0 Å². The van der Waals surface area contributed by atoms with E-state index in [-0.39, 0.29) is 4.90 Å². The molecule has 0 unspecified atom stereocenters. The third kappa shape index (κ3) is 2.62. The molecule has 1 aromatic carbocycles. The van der Waals surface area contributed by atoms with Gasteiger partial charge in [-0.3, -0.25) is 0 Å². The van der Waals surface area contributed by atoms with Crippen LogP contribution in [0.1, 0.15) is 33.3 Å². The first-order valence-corrected chi connectivity index (χ1v) is 7.73. The van der Waals surface area contributed by atoms with Crippen LogP contribution in [0.15, 0.2) is 23.1 Å². The molecule has 0 saturated carbocycles. The molecule has 0 aromatic heterocycles. The maximum atomic E-state index is 13.2. The van der Waals surface area contributed by atoms with Crippen LogP contribution < -0.4 is 5.46 Å². The largest absolute Gasteiger partial charge is 0.494 e. The Bertz CT molecular complexity index is 624. The number of hydrogen-bond acceptors (Lipinski definition) is 4. The van der Waals surface area contributed by atoms with Crippen molar-refractivity contribution < 1.29 is 21.6 Å². The van der Waals surface area contributed by atoms with E-state index in [2.05, 4.69) is 0 Å². The number of aryl methyl sites for hydroxylation is 1. The van der Waals surface area contributed by atoms with Crippen LogP contribution in [0.2, 0.25) is 0 Å². The Morgan fingerprint density at radius 1 is 1.10 bits per heavy atom. The molecule has 1 fully saturated rings. The zero-order chi connectivity index (χ0) is 15.3. The standard InChI is InChI=1S/C13H18BFO4S/c1-9-6-7-10(8-11(9)20(15,16)17)14-18-12(2,3)13(4,5)19-14/h6-8H,1-5H3. The summed E-state index contributed by atoms with van der Waals surface area (Å²) >= 11 is 0. The molecule has 2 rings (SSSR count). The quantitative estimate of drug-likeness (QED) is 0.619. The summed E-state index contributed by atoms with van der Waals surface area (Å²) in [5.41, 5.74) is -0.215. The average molecular weight is 300 g/mol. The van der Waals surface area contributed by atoms with Gasteiger partial charge in [0, 0.05) is 0 Å². The van der Waals surface area contributed by atoms with Gasteiger partial charge in [0.15, 0.2) is 0 Å². The molecule has 1 heterocycles. The molecule has 1 saturated heterocycles. The molecule has 1 aliphatic heterocycles. The van der Waals surface area contributed by atoms with Crippen LogP contribution in [0.5, 0.6) is 0 Å². The molecule has 0 spiro atoms. The molecule has 1 aromatic rings. The molecule has 0 radical (unpaired) electrons. The Morgan fingerprint density at radius 3 is 2.05 bits per heavy atom. The fourth-order valence-corrected chi connectivity index (χ4v) is 2.73. The molecule has 0 bridgehead atoms. The van der Waals surface area contributed by atoms with Crippen molar-refractivity contribution in [1.29, 1.82) is 0 Å². The van der Waals surface area contributed by atoms with Gasteiger partial charge in [0.1, 0.15) is 4.90 Å². The summed E-state index contributed by atoms with van der Waals surface area (Å²) in [5.74, 6) is 0. The molecule has 4 nitrogen and oxygen atoms in total. The van der Waals surface area contributed by atoms with Crippen LogP contribution in [0.4, 0.5) is 3.89 Å². The van der Waals surface area contributed by atoms with Crippen LogP contribution in [-0.4, -0.2) is 26.7 Å². The molecular weight excluding hydrogens is 282 g/mol. The Hall–Kier alpha value is -0.915. The second-order valence-electron chi connectivity index (χ2n) is 6.05. The lowest BCUT2D eigenvalue weighted by molar-refractivity contribution is 0.00578. The predicted octanol–water partition coefficient (Wildman–Crippen LogP) is 1.95. The topological polar surface area (TPSA) is 52.6 Å². The molecule has 110 valence electrons. The predicted molar refractivity (Wildman–Crippen MR) is 75.2 cm³/mol. The minimum absolute atomic E-state index is 0.343. The Labute approximate surface area is 119 Å². The van der Waals surface area contributed by atoms with Crippen molar-refractivity contribution in [2.24, 2.45) is 0 Å². The van der Waals surface area contributed by atoms with Crippen molar-refractivity contribution in [2.45, 2.75) is 50.7 Å². The molecule has 7 heteroatoms. The number of rotatable bonds is 2. The van der Waals surface area contributed by atoms with Gasteiger partial charge in [-0.2, -0.15) is 8.42 Å². The zero-order valence-corrected chi connectivity index (χ0v) is 13.0. The summed E-state index contributed by atoms with van der Waals surface area (Å²) in [5, 5.41) is 0. The van der Waals surface area contributed by atoms with Crippen molar-refractivity contribution in [3.63, 3.8) is 0 Å². The normalized spacial score (nSPS) is 21.2. The van der Waals surface area contributed by atoms with E-state index in [9.17, 15) is 12.3 Å². The second kappa shape index (κ2) is 4.54. The first-order chi connectivity index (χ1) is 8.94. The summed E-state index contributed by atoms with van der Waals surface area (Å²) < 4.78 is 47.1. The van der Waals surface area contributed by atoms with E-state index in [1.807, 2.05) is 27.7 Å². The van der Waals surface area contributed by atoms with Crippen LogP contribution in [0.25, 0.3) is 0 Å². The van der Waals surface area contributed by atoms with Gasteiger partial charge in [-0.05, 0) is 51.7 Å². The molecule has 0 atom stereocenters. The van der Waals surface area contributed by atoms with Crippen LogP contribution in [0.3, 0.4) is 0 Å². The van der Waals surface area contributed by atoms with E-state index < -0.39 is 28.5 Å². The summed E-state index contributed by atoms with van der Waals surface area (Å²) in [6, 6.07) is 4.51. The lowest BCUT2D eigenvalue weighted by Gasteiger charge is -2.32. The van der Waals surface area contributed by atoms with E-state index in [1.54, 1.807) is 19.1 Å². The van der Waals surface area contributed by atoms with Crippen LogP contribution in [0, 0.1) is 6.92 Å². The highest BCUT2D eigenvalue weighted by atomic mass is 32.3. The minimum atomic E-state index is -4.75. The lowest BCUT2D eigenvalue weighted by Crippen LogP contribution is -2.41. The highest BCUT2D eigenvalue weighted by Crippen LogP contribution is 2.36. The van der Waals surface area contributed by atoms with Gasteiger partial charge in [0.2, 0.25) is 0 Å².